The number of oxazole rings is 1. The third-order valence-electron chi connectivity index (χ3n) is 3.40. The van der Waals surface area contributed by atoms with Crippen molar-refractivity contribution in [3.05, 3.63) is 75.0 Å². The van der Waals surface area contributed by atoms with Gasteiger partial charge in [0.25, 0.3) is 11.2 Å². The monoisotopic (exact) mass is 327 g/mol. The van der Waals surface area contributed by atoms with Gasteiger partial charge < -0.3 is 13.7 Å². The van der Waals surface area contributed by atoms with Crippen LogP contribution in [0.25, 0.3) is 11.5 Å². The van der Waals surface area contributed by atoms with Crippen LogP contribution in [-0.4, -0.2) is 21.6 Å². The van der Waals surface area contributed by atoms with Crippen LogP contribution in [0.5, 0.6) is 5.75 Å². The molecule has 1 aromatic carbocycles. The number of benzene rings is 1. The van der Waals surface area contributed by atoms with E-state index in [0.717, 1.165) is 11.6 Å². The number of hydrogen-bond donors (Lipinski definition) is 0. The van der Waals surface area contributed by atoms with Crippen molar-refractivity contribution in [2.45, 2.75) is 6.54 Å². The minimum absolute atomic E-state index is 0.0835. The molecule has 3 rings (SSSR count). The first-order chi connectivity index (χ1) is 11.6. The van der Waals surface area contributed by atoms with Gasteiger partial charge in [-0.05, 0) is 24.3 Å². The Balaban J connectivity index is 1.85. The van der Waals surface area contributed by atoms with Gasteiger partial charge in [0, 0.05) is 17.7 Å². The van der Waals surface area contributed by atoms with Crippen LogP contribution < -0.4 is 10.3 Å². The van der Waals surface area contributed by atoms with Gasteiger partial charge in [-0.15, -0.1) is 0 Å². The summed E-state index contributed by atoms with van der Waals surface area (Å²) in [7, 11) is 1.58. The lowest BCUT2D eigenvalue weighted by Gasteiger charge is -2.02. The number of ether oxygens (including phenoxy) is 1. The van der Waals surface area contributed by atoms with Gasteiger partial charge in [-0.1, -0.05) is 0 Å². The lowest BCUT2D eigenvalue weighted by Crippen LogP contribution is -2.19. The van der Waals surface area contributed by atoms with Crippen molar-refractivity contribution in [3.63, 3.8) is 0 Å². The number of nitrogens with zero attached hydrogens (tertiary/aromatic N) is 3. The Morgan fingerprint density at radius 3 is 2.67 bits per heavy atom. The average Bonchev–Trinajstić information content (AvgIpc) is 3.05. The van der Waals surface area contributed by atoms with Crippen LogP contribution in [0.3, 0.4) is 0 Å². The van der Waals surface area contributed by atoms with Gasteiger partial charge in [0.15, 0.2) is 0 Å². The fourth-order valence-corrected chi connectivity index (χ4v) is 2.17. The Morgan fingerprint density at radius 2 is 2.00 bits per heavy atom. The zero-order chi connectivity index (χ0) is 17.1. The van der Waals surface area contributed by atoms with E-state index in [0.29, 0.717) is 17.3 Å². The zero-order valence-electron chi connectivity index (χ0n) is 12.7. The summed E-state index contributed by atoms with van der Waals surface area (Å²) in [4.78, 5) is 26.4. The van der Waals surface area contributed by atoms with E-state index in [2.05, 4.69) is 4.98 Å². The zero-order valence-corrected chi connectivity index (χ0v) is 12.7. The molecule has 0 radical (unpaired) electrons. The van der Waals surface area contributed by atoms with E-state index in [1.807, 2.05) is 0 Å². The van der Waals surface area contributed by atoms with Crippen molar-refractivity contribution in [1.29, 1.82) is 0 Å². The van der Waals surface area contributed by atoms with E-state index < -0.39 is 4.92 Å². The second kappa shape index (κ2) is 6.37. The van der Waals surface area contributed by atoms with Crippen LogP contribution in [0, 0.1) is 10.1 Å². The van der Waals surface area contributed by atoms with Gasteiger partial charge in [0.05, 0.1) is 30.5 Å². The molecular formula is C16H13N3O5. The number of hydrogen-bond acceptors (Lipinski definition) is 6. The molecule has 2 heterocycles. The Hall–Kier alpha value is -3.42. The van der Waals surface area contributed by atoms with Crippen LogP contribution in [0.15, 0.2) is 58.1 Å². The van der Waals surface area contributed by atoms with E-state index >= 15 is 0 Å². The fourth-order valence-electron chi connectivity index (χ4n) is 2.17. The molecule has 0 aliphatic carbocycles. The molecule has 0 atom stereocenters. The maximum Gasteiger partial charge on any atom is 0.285 e. The Kier molecular flexibility index (Phi) is 4.11. The fraction of sp³-hybridized carbons (Fsp3) is 0.125. The van der Waals surface area contributed by atoms with Crippen molar-refractivity contribution in [3.8, 4) is 17.2 Å². The normalized spacial score (nSPS) is 10.5. The second-order valence-corrected chi connectivity index (χ2v) is 4.98. The van der Waals surface area contributed by atoms with E-state index in [-0.39, 0.29) is 17.8 Å². The lowest BCUT2D eigenvalue weighted by atomic mass is 10.2. The molecule has 0 aliphatic heterocycles. The predicted octanol–water partition coefficient (Wildman–Crippen LogP) is 2.47. The van der Waals surface area contributed by atoms with Gasteiger partial charge in [-0.3, -0.25) is 14.9 Å². The highest BCUT2D eigenvalue weighted by molar-refractivity contribution is 5.54. The minimum Gasteiger partial charge on any atom is -0.497 e. The molecule has 122 valence electrons. The highest BCUT2D eigenvalue weighted by Gasteiger charge is 2.11. The molecule has 0 fully saturated rings. The van der Waals surface area contributed by atoms with E-state index in [1.165, 1.54) is 23.1 Å². The Labute approximate surface area is 136 Å². The first kappa shape index (κ1) is 15.5. The molecule has 0 spiro atoms. The molecule has 0 bridgehead atoms. The van der Waals surface area contributed by atoms with Gasteiger partial charge in [0.2, 0.25) is 5.89 Å². The molecule has 8 nitrogen and oxygen atoms in total. The smallest absolute Gasteiger partial charge is 0.285 e. The summed E-state index contributed by atoms with van der Waals surface area (Å²) in [6, 6.07) is 9.49. The van der Waals surface area contributed by atoms with E-state index in [9.17, 15) is 14.9 Å². The lowest BCUT2D eigenvalue weighted by molar-refractivity contribution is -0.385. The molecular weight excluding hydrogens is 314 g/mol. The molecule has 3 aromatic rings. The SMILES string of the molecule is COc1ccc(-c2nc(Cn3cc([N+](=O)[O-])ccc3=O)co2)cc1. The van der Waals surface area contributed by atoms with Crippen molar-refractivity contribution >= 4 is 5.69 Å². The number of nitro groups is 1. The summed E-state index contributed by atoms with van der Waals surface area (Å²) in [6.45, 7) is 0.0835. The molecule has 24 heavy (non-hydrogen) atoms. The summed E-state index contributed by atoms with van der Waals surface area (Å²) in [5.74, 6) is 1.11. The third kappa shape index (κ3) is 3.17. The number of aromatic nitrogens is 2. The summed E-state index contributed by atoms with van der Waals surface area (Å²) < 4.78 is 11.7. The topological polar surface area (TPSA) is 100 Å². The molecule has 0 saturated carbocycles. The van der Waals surface area contributed by atoms with Crippen molar-refractivity contribution in [2.75, 3.05) is 7.11 Å². The van der Waals surface area contributed by atoms with Crippen LogP contribution >= 0.6 is 0 Å². The van der Waals surface area contributed by atoms with Crippen molar-refractivity contribution in [2.24, 2.45) is 0 Å². The van der Waals surface area contributed by atoms with Gasteiger partial charge in [-0.2, -0.15) is 0 Å². The molecule has 0 unspecified atom stereocenters. The maximum absolute atomic E-state index is 11.8. The quantitative estimate of drug-likeness (QED) is 0.527. The standard InChI is InChI=1S/C16H13N3O5/c1-23-14-5-2-11(3-6-14)16-17-12(10-24-16)8-18-9-13(19(21)22)4-7-15(18)20/h2-7,9-10H,8H2,1H3. The number of methoxy groups -OCH3 is 1. The molecule has 0 aliphatic rings. The maximum atomic E-state index is 11.8. The summed E-state index contributed by atoms with van der Waals surface area (Å²) >= 11 is 0. The summed E-state index contributed by atoms with van der Waals surface area (Å²) in [5, 5.41) is 10.8. The Morgan fingerprint density at radius 1 is 1.25 bits per heavy atom. The number of rotatable bonds is 5. The molecule has 8 heteroatoms. The molecule has 0 saturated heterocycles. The predicted molar refractivity (Wildman–Crippen MR) is 84.9 cm³/mol. The van der Waals surface area contributed by atoms with Crippen molar-refractivity contribution < 1.29 is 14.1 Å². The number of pyridine rings is 1. The Bertz CT molecular complexity index is 927. The van der Waals surface area contributed by atoms with E-state index in [1.54, 1.807) is 31.4 Å². The molecule has 0 amide bonds. The van der Waals surface area contributed by atoms with Crippen LogP contribution in [0.4, 0.5) is 5.69 Å². The van der Waals surface area contributed by atoms with Gasteiger partial charge >= 0.3 is 0 Å². The molecule has 2 aromatic heterocycles. The summed E-state index contributed by atoms with van der Waals surface area (Å²) in [5.41, 5.74) is 0.736. The average molecular weight is 327 g/mol. The van der Waals surface area contributed by atoms with E-state index in [4.69, 9.17) is 9.15 Å². The first-order valence-electron chi connectivity index (χ1n) is 7.00. The summed E-state index contributed by atoms with van der Waals surface area (Å²) in [6.07, 6.45) is 2.61. The molecule has 0 N–H and O–H groups in total. The van der Waals surface area contributed by atoms with Crippen LogP contribution in [0.1, 0.15) is 5.69 Å². The van der Waals surface area contributed by atoms with Crippen LogP contribution in [-0.2, 0) is 6.54 Å². The van der Waals surface area contributed by atoms with Gasteiger partial charge in [0.1, 0.15) is 12.0 Å². The van der Waals surface area contributed by atoms with Gasteiger partial charge in [-0.25, -0.2) is 4.98 Å². The third-order valence-corrected chi connectivity index (χ3v) is 3.40. The highest BCUT2D eigenvalue weighted by atomic mass is 16.6. The second-order valence-electron chi connectivity index (χ2n) is 4.98. The van der Waals surface area contributed by atoms with Crippen molar-refractivity contribution in [1.82, 2.24) is 9.55 Å². The van der Waals surface area contributed by atoms with Crippen LogP contribution in [0.2, 0.25) is 0 Å². The largest absolute Gasteiger partial charge is 0.497 e. The first-order valence-corrected chi connectivity index (χ1v) is 7.00. The minimum atomic E-state index is -0.554. The highest BCUT2D eigenvalue weighted by Crippen LogP contribution is 2.22.